The van der Waals surface area contributed by atoms with E-state index in [2.05, 4.69) is 21.2 Å². The summed E-state index contributed by atoms with van der Waals surface area (Å²) in [7, 11) is 1.50. The number of likely N-dealkylation sites (tertiary alicyclic amines) is 1. The first kappa shape index (κ1) is 38.0. The van der Waals surface area contributed by atoms with Crippen LogP contribution in [0.25, 0.3) is 0 Å². The first-order valence-corrected chi connectivity index (χ1v) is 19.1. The summed E-state index contributed by atoms with van der Waals surface area (Å²) < 4.78 is 19.1. The van der Waals surface area contributed by atoms with E-state index in [1.165, 1.54) is 16.9 Å². The number of anilines is 1. The fourth-order valence-electron chi connectivity index (χ4n) is 8.38. The molecular formula is C41H41BrClN3O8. The molecule has 282 valence electrons. The molecule has 0 saturated carbocycles. The van der Waals surface area contributed by atoms with Gasteiger partial charge < -0.3 is 34.4 Å². The Kier molecular flexibility index (Phi) is 11.1. The van der Waals surface area contributed by atoms with Gasteiger partial charge in [-0.15, -0.1) is 0 Å². The van der Waals surface area contributed by atoms with Crippen LogP contribution in [0.4, 0.5) is 5.69 Å². The summed E-state index contributed by atoms with van der Waals surface area (Å²) in [5.74, 6) is -4.47. The second-order valence-corrected chi connectivity index (χ2v) is 15.3. The van der Waals surface area contributed by atoms with Gasteiger partial charge in [0.15, 0.2) is 0 Å². The number of rotatable bonds is 7. The Hall–Kier alpha value is -4.33. The van der Waals surface area contributed by atoms with E-state index >= 15 is 9.59 Å². The van der Waals surface area contributed by atoms with Crippen molar-refractivity contribution >= 4 is 56.9 Å². The SMILES string of the molecule is COC[C@@H]1NC(=O)CC/C=C\CN(c2c(C)cccc2Cl)C(=O)[C@H]2N([C@H](CO)c3ccccc3)C(=O)[C@@H]3[C@@H](C(=O)O[C@H]1c1ccccc1)[C@@H]1O[C@@]32C=C1Br. The molecule has 11 nitrogen and oxygen atoms in total. The van der Waals surface area contributed by atoms with Crippen LogP contribution in [-0.4, -0.2) is 84.4 Å². The normalized spacial score (nSPS) is 29.8. The van der Waals surface area contributed by atoms with E-state index in [0.717, 1.165) is 0 Å². The van der Waals surface area contributed by atoms with E-state index < -0.39 is 72.2 Å². The summed E-state index contributed by atoms with van der Waals surface area (Å²) in [5.41, 5.74) is 0.742. The number of nitrogens with one attached hydrogen (secondary N) is 1. The number of carbonyl (C=O) groups excluding carboxylic acids is 4. The Morgan fingerprint density at radius 3 is 2.39 bits per heavy atom. The number of benzene rings is 3. The average molecular weight is 819 g/mol. The van der Waals surface area contributed by atoms with Crippen molar-refractivity contribution in [2.45, 2.75) is 55.7 Å². The number of carbonyl (C=O) groups is 4. The molecule has 0 radical (unpaired) electrons. The Morgan fingerprint density at radius 1 is 0.981 bits per heavy atom. The number of aryl methyl sites for hydroxylation is 1. The van der Waals surface area contributed by atoms with Gasteiger partial charge >= 0.3 is 5.97 Å². The highest BCUT2D eigenvalue weighted by Gasteiger charge is 2.75. The van der Waals surface area contributed by atoms with Crippen molar-refractivity contribution in [1.29, 1.82) is 0 Å². The molecule has 2 saturated heterocycles. The summed E-state index contributed by atoms with van der Waals surface area (Å²) in [6.07, 6.45) is 3.83. The number of methoxy groups -OCH3 is 1. The number of fused-ring (bicyclic) bond motifs is 2. The highest BCUT2D eigenvalue weighted by molar-refractivity contribution is 9.11. The maximum atomic E-state index is 15.5. The third-order valence-electron chi connectivity index (χ3n) is 10.7. The molecule has 4 aliphatic rings. The van der Waals surface area contributed by atoms with Gasteiger partial charge in [0.25, 0.3) is 5.91 Å². The zero-order valence-electron chi connectivity index (χ0n) is 29.8. The minimum absolute atomic E-state index is 0.0284. The molecule has 4 heterocycles. The molecule has 7 rings (SSSR count). The summed E-state index contributed by atoms with van der Waals surface area (Å²) in [4.78, 5) is 61.6. The highest BCUT2D eigenvalue weighted by atomic mass is 79.9. The van der Waals surface area contributed by atoms with Gasteiger partial charge in [0.05, 0.1) is 41.9 Å². The van der Waals surface area contributed by atoms with E-state index in [-0.39, 0.29) is 25.5 Å². The van der Waals surface area contributed by atoms with Gasteiger partial charge in [-0.05, 0) is 42.2 Å². The lowest BCUT2D eigenvalue weighted by atomic mass is 9.74. The Balaban J connectivity index is 1.41. The molecule has 0 aromatic heterocycles. The maximum absolute atomic E-state index is 15.5. The second-order valence-electron chi connectivity index (χ2n) is 13.9. The van der Waals surface area contributed by atoms with Crippen molar-refractivity contribution in [1.82, 2.24) is 10.2 Å². The summed E-state index contributed by atoms with van der Waals surface area (Å²) in [6.45, 7) is 1.40. The number of aliphatic hydroxyl groups excluding tert-OH is 1. The van der Waals surface area contributed by atoms with Crippen molar-refractivity contribution in [2.75, 3.05) is 31.8 Å². The average Bonchev–Trinajstić information content (AvgIpc) is 3.76. The number of allylic oxidation sites excluding steroid dienone is 1. The Morgan fingerprint density at radius 2 is 1.70 bits per heavy atom. The lowest BCUT2D eigenvalue weighted by Crippen LogP contribution is -2.57. The lowest BCUT2D eigenvalue weighted by Gasteiger charge is -2.39. The van der Waals surface area contributed by atoms with Crippen molar-refractivity contribution < 1.29 is 38.5 Å². The molecule has 8 atom stereocenters. The largest absolute Gasteiger partial charge is 0.455 e. The molecule has 0 aliphatic carbocycles. The smallest absolute Gasteiger partial charge is 0.313 e. The van der Waals surface area contributed by atoms with Gasteiger partial charge in [-0.2, -0.15) is 0 Å². The van der Waals surface area contributed by atoms with Crippen LogP contribution in [0.5, 0.6) is 0 Å². The molecule has 3 amide bonds. The molecular weight excluding hydrogens is 778 g/mol. The number of cyclic esters (lactones) is 1. The van der Waals surface area contributed by atoms with Crippen molar-refractivity contribution in [2.24, 2.45) is 11.8 Å². The molecule has 54 heavy (non-hydrogen) atoms. The number of ether oxygens (including phenoxy) is 3. The third-order valence-corrected chi connectivity index (χ3v) is 11.7. The number of amides is 3. The van der Waals surface area contributed by atoms with Crippen LogP contribution in [0, 0.1) is 18.8 Å². The van der Waals surface area contributed by atoms with E-state index in [1.54, 1.807) is 72.8 Å². The zero-order chi connectivity index (χ0) is 38.1. The Labute approximate surface area is 327 Å². The molecule has 3 aromatic carbocycles. The molecule has 4 aliphatic heterocycles. The van der Waals surface area contributed by atoms with Crippen molar-refractivity contribution in [3.05, 3.63) is 123 Å². The van der Waals surface area contributed by atoms with E-state index in [4.69, 9.17) is 25.8 Å². The third kappa shape index (κ3) is 6.68. The summed E-state index contributed by atoms with van der Waals surface area (Å²) in [5, 5.41) is 14.3. The predicted octanol–water partition coefficient (Wildman–Crippen LogP) is 5.35. The van der Waals surface area contributed by atoms with Crippen LogP contribution in [0.3, 0.4) is 0 Å². The number of para-hydroxylation sites is 1. The molecule has 13 heteroatoms. The van der Waals surface area contributed by atoms with Gasteiger partial charge in [0.1, 0.15) is 29.8 Å². The Bertz CT molecular complexity index is 1960. The summed E-state index contributed by atoms with van der Waals surface area (Å²) in [6, 6.07) is 20.2. The minimum Gasteiger partial charge on any atom is -0.455 e. The molecule has 5 bridgehead atoms. The van der Waals surface area contributed by atoms with Gasteiger partial charge in [-0.3, -0.25) is 19.2 Å². The molecule has 0 unspecified atom stereocenters. The first-order chi connectivity index (χ1) is 26.1. The molecule has 2 fully saturated rings. The monoisotopic (exact) mass is 817 g/mol. The van der Waals surface area contributed by atoms with Crippen LogP contribution < -0.4 is 10.2 Å². The fraction of sp³-hybridized carbons (Fsp3) is 0.366. The fourth-order valence-corrected chi connectivity index (χ4v) is 9.44. The zero-order valence-corrected chi connectivity index (χ0v) is 32.1. The molecule has 2 N–H and O–H groups in total. The minimum atomic E-state index is -1.63. The number of hydrogen-bond acceptors (Lipinski definition) is 8. The number of aliphatic hydroxyl groups is 1. The number of esters is 1. The maximum Gasteiger partial charge on any atom is 0.313 e. The quantitative estimate of drug-likeness (QED) is 0.241. The van der Waals surface area contributed by atoms with Gasteiger partial charge in [-0.25, -0.2) is 0 Å². The highest BCUT2D eigenvalue weighted by Crippen LogP contribution is 2.60. The van der Waals surface area contributed by atoms with Crippen LogP contribution in [0.15, 0.2) is 102 Å². The number of halogens is 2. The molecule has 1 spiro atoms. The van der Waals surface area contributed by atoms with E-state index in [0.29, 0.717) is 38.3 Å². The lowest BCUT2D eigenvalue weighted by molar-refractivity contribution is -0.162. The molecule has 3 aromatic rings. The van der Waals surface area contributed by atoms with Crippen molar-refractivity contribution in [3.63, 3.8) is 0 Å². The number of nitrogens with zero attached hydrogens (tertiary/aromatic N) is 2. The van der Waals surface area contributed by atoms with E-state index in [1.807, 2.05) is 31.2 Å². The van der Waals surface area contributed by atoms with Gasteiger partial charge in [-0.1, -0.05) is 112 Å². The van der Waals surface area contributed by atoms with Crippen LogP contribution >= 0.6 is 27.5 Å². The summed E-state index contributed by atoms with van der Waals surface area (Å²) >= 11 is 10.4. The first-order valence-electron chi connectivity index (χ1n) is 17.9. The van der Waals surface area contributed by atoms with Crippen molar-refractivity contribution in [3.8, 4) is 0 Å². The van der Waals surface area contributed by atoms with Gasteiger partial charge in [0.2, 0.25) is 11.8 Å². The van der Waals surface area contributed by atoms with Gasteiger partial charge in [0, 0.05) is 24.6 Å². The topological polar surface area (TPSA) is 135 Å². The van der Waals surface area contributed by atoms with Crippen LogP contribution in [0.2, 0.25) is 5.02 Å². The standard InChI is InChI=1S/C41H41BrClN3O8/c1-24-13-12-18-28(43)34(24)45-20-11-5-10-19-31(48)44-29(23-52-2)35(26-16-8-4-9-17-26)53-40(51)32-33-38(49)46(30(22-47)25-14-6-3-7-15-25)37(39(45)50)41(33)21-27(42)36(32)54-41/h3-9,11-18,21,29-30,32-33,35-37,47H,10,19-20,22-23H2,1-2H3,(H,44,48)/b11-5-/t29-,30+,32+,33-,35-,36+,37+,41-/m0/s1. The van der Waals surface area contributed by atoms with E-state index in [9.17, 15) is 14.7 Å². The predicted molar refractivity (Wildman–Crippen MR) is 204 cm³/mol. The van der Waals surface area contributed by atoms with Crippen LogP contribution in [-0.2, 0) is 33.4 Å². The van der Waals surface area contributed by atoms with Crippen LogP contribution in [0.1, 0.15) is 41.7 Å². The second kappa shape index (κ2) is 15.8. The number of hydrogen-bond donors (Lipinski definition) is 2.